The lowest BCUT2D eigenvalue weighted by Gasteiger charge is -2.35. The average molecular weight is 537 g/mol. The van der Waals surface area contributed by atoms with Crippen molar-refractivity contribution >= 4 is 23.9 Å². The van der Waals surface area contributed by atoms with Crippen LogP contribution in [0.5, 0.6) is 5.75 Å². The van der Waals surface area contributed by atoms with Crippen molar-refractivity contribution in [1.29, 1.82) is 0 Å². The Hall–Kier alpha value is -3.40. The average Bonchev–Trinajstić information content (AvgIpc) is 2.85. The molecule has 10 nitrogen and oxygen atoms in total. The van der Waals surface area contributed by atoms with E-state index in [1.54, 1.807) is 19.1 Å². The summed E-state index contributed by atoms with van der Waals surface area (Å²) < 4.78 is 26.3. The molecule has 0 heterocycles. The summed E-state index contributed by atoms with van der Waals surface area (Å²) in [5.41, 5.74) is -1.18. The Kier molecular flexibility index (Phi) is 13.5. The summed E-state index contributed by atoms with van der Waals surface area (Å²) in [6.07, 6.45) is 2.17. The Balaban J connectivity index is 2.61. The van der Waals surface area contributed by atoms with Gasteiger partial charge in [-0.25, -0.2) is 9.59 Å². The number of carbonyl (C=O) groups excluding carboxylic acids is 3. The van der Waals surface area contributed by atoms with Gasteiger partial charge in [0.25, 0.3) is 0 Å². The van der Waals surface area contributed by atoms with Crippen LogP contribution in [0.4, 0.5) is 0 Å². The third-order valence-corrected chi connectivity index (χ3v) is 5.55. The van der Waals surface area contributed by atoms with Crippen LogP contribution in [-0.4, -0.2) is 62.2 Å². The molecule has 0 saturated carbocycles. The molecule has 0 radical (unpaired) electrons. The van der Waals surface area contributed by atoms with E-state index in [2.05, 4.69) is 6.58 Å². The number of carbonyl (C=O) groups is 4. The predicted octanol–water partition coefficient (Wildman–Crippen LogP) is 4.41. The number of aromatic carboxylic acids is 1. The van der Waals surface area contributed by atoms with Crippen LogP contribution < -0.4 is 4.74 Å². The normalized spacial score (nSPS) is 13.5. The van der Waals surface area contributed by atoms with Gasteiger partial charge in [0, 0.05) is 6.08 Å². The number of esters is 3. The first kappa shape index (κ1) is 32.6. The van der Waals surface area contributed by atoms with Crippen molar-refractivity contribution in [2.45, 2.75) is 53.9 Å². The third-order valence-electron chi connectivity index (χ3n) is 5.55. The van der Waals surface area contributed by atoms with Gasteiger partial charge in [-0.05, 0) is 43.7 Å². The van der Waals surface area contributed by atoms with E-state index in [4.69, 9.17) is 23.7 Å². The largest absolute Gasteiger partial charge is 0.478 e. The molecule has 0 aliphatic carbocycles. The fourth-order valence-corrected chi connectivity index (χ4v) is 4.10. The number of hydrogen-bond donors (Lipinski definition) is 1. The van der Waals surface area contributed by atoms with Gasteiger partial charge in [0.15, 0.2) is 6.79 Å². The van der Waals surface area contributed by atoms with E-state index in [1.807, 2.05) is 27.7 Å². The van der Waals surface area contributed by atoms with Gasteiger partial charge in [0.2, 0.25) is 0 Å². The number of hydrogen-bond acceptors (Lipinski definition) is 9. The van der Waals surface area contributed by atoms with E-state index >= 15 is 0 Å². The van der Waals surface area contributed by atoms with Crippen molar-refractivity contribution in [1.82, 2.24) is 0 Å². The lowest BCUT2D eigenvalue weighted by atomic mass is 9.70. The smallest absolute Gasteiger partial charge is 0.339 e. The Bertz CT molecular complexity index is 949. The van der Waals surface area contributed by atoms with Gasteiger partial charge in [-0.3, -0.25) is 9.59 Å². The maximum absolute atomic E-state index is 13.0. The van der Waals surface area contributed by atoms with Crippen molar-refractivity contribution in [3.05, 3.63) is 42.5 Å². The topological polar surface area (TPSA) is 135 Å². The maximum Gasteiger partial charge on any atom is 0.339 e. The zero-order valence-electron chi connectivity index (χ0n) is 22.9. The van der Waals surface area contributed by atoms with Crippen molar-refractivity contribution in [3.8, 4) is 5.75 Å². The molecular weight excluding hydrogens is 496 g/mol. The molecule has 2 unspecified atom stereocenters. The highest BCUT2D eigenvalue weighted by Crippen LogP contribution is 2.40. The minimum Gasteiger partial charge on any atom is -0.478 e. The first-order valence-corrected chi connectivity index (χ1v) is 12.5. The molecule has 212 valence electrons. The van der Waals surface area contributed by atoms with Crippen molar-refractivity contribution in [2.24, 2.45) is 16.7 Å². The summed E-state index contributed by atoms with van der Waals surface area (Å²) in [6, 6.07) is 6.18. The second-order valence-electron chi connectivity index (χ2n) is 10.3. The van der Waals surface area contributed by atoms with E-state index in [9.17, 15) is 24.3 Å². The van der Waals surface area contributed by atoms with Gasteiger partial charge in [-0.15, -0.1) is 0 Å². The lowest BCUT2D eigenvalue weighted by molar-refractivity contribution is -0.164. The second kappa shape index (κ2) is 15.8. The zero-order valence-corrected chi connectivity index (χ0v) is 22.9. The van der Waals surface area contributed by atoms with Crippen LogP contribution in [0.25, 0.3) is 0 Å². The summed E-state index contributed by atoms with van der Waals surface area (Å²) in [6.45, 7) is 12.5. The standard InChI is InChI=1S/C28H40O10/c1-7-20(17-28(6,18-27(3,4)5)26(33)37-16-15-35-23(29)8-2)25(32)36-14-13-34-19-38-22-12-10-9-11-21(22)24(30)31/h8-12,20H,2,7,13-19H2,1,3-6H3,(H,30,31). The summed E-state index contributed by atoms with van der Waals surface area (Å²) in [5, 5.41) is 9.17. The van der Waals surface area contributed by atoms with Gasteiger partial charge >= 0.3 is 23.9 Å². The van der Waals surface area contributed by atoms with Gasteiger partial charge in [0.05, 0.1) is 17.9 Å². The Morgan fingerprint density at radius 2 is 1.61 bits per heavy atom. The third kappa shape index (κ3) is 11.8. The Labute approximate surface area is 224 Å². The molecule has 0 aliphatic rings. The summed E-state index contributed by atoms with van der Waals surface area (Å²) >= 11 is 0. The molecule has 2 atom stereocenters. The summed E-state index contributed by atoms with van der Waals surface area (Å²) in [5.74, 6) is -3.03. The fraction of sp³-hybridized carbons (Fsp3) is 0.571. The first-order valence-electron chi connectivity index (χ1n) is 12.5. The van der Waals surface area contributed by atoms with Gasteiger partial charge < -0.3 is 28.8 Å². The fourth-order valence-electron chi connectivity index (χ4n) is 4.10. The Morgan fingerprint density at radius 3 is 2.21 bits per heavy atom. The van der Waals surface area contributed by atoms with Crippen LogP contribution >= 0.6 is 0 Å². The molecule has 1 rings (SSSR count). The van der Waals surface area contributed by atoms with Crippen LogP contribution in [-0.2, 0) is 33.3 Å². The van der Waals surface area contributed by atoms with Crippen LogP contribution in [0.1, 0.15) is 64.2 Å². The van der Waals surface area contributed by atoms with Crippen LogP contribution in [0.2, 0.25) is 0 Å². The minimum atomic E-state index is -1.11. The monoisotopic (exact) mass is 536 g/mol. The van der Waals surface area contributed by atoms with E-state index in [0.29, 0.717) is 12.8 Å². The summed E-state index contributed by atoms with van der Waals surface area (Å²) in [7, 11) is 0. The molecular formula is C28H40O10. The molecule has 0 aliphatic heterocycles. The number of para-hydroxylation sites is 1. The zero-order chi connectivity index (χ0) is 28.8. The quantitative estimate of drug-likeness (QED) is 0.100. The Morgan fingerprint density at radius 1 is 0.974 bits per heavy atom. The number of rotatable bonds is 17. The van der Waals surface area contributed by atoms with Crippen molar-refractivity contribution in [2.75, 3.05) is 33.2 Å². The van der Waals surface area contributed by atoms with Gasteiger partial charge in [0.1, 0.15) is 31.1 Å². The van der Waals surface area contributed by atoms with Crippen molar-refractivity contribution < 1.29 is 48.0 Å². The summed E-state index contributed by atoms with van der Waals surface area (Å²) in [4.78, 5) is 48.2. The number of carboxylic acids is 1. The molecule has 0 aromatic heterocycles. The highest BCUT2D eigenvalue weighted by molar-refractivity contribution is 5.90. The molecule has 0 spiro atoms. The molecule has 0 saturated heterocycles. The van der Waals surface area contributed by atoms with E-state index in [1.165, 1.54) is 12.1 Å². The molecule has 1 aromatic rings. The maximum atomic E-state index is 13.0. The molecule has 0 amide bonds. The van der Waals surface area contributed by atoms with Crippen LogP contribution in [0.3, 0.4) is 0 Å². The number of benzene rings is 1. The van der Waals surface area contributed by atoms with Gasteiger partial charge in [-0.1, -0.05) is 46.4 Å². The molecule has 0 bridgehead atoms. The number of carboxylic acid groups (broad SMARTS) is 1. The van der Waals surface area contributed by atoms with E-state index < -0.39 is 35.2 Å². The highest BCUT2D eigenvalue weighted by Gasteiger charge is 2.42. The molecule has 38 heavy (non-hydrogen) atoms. The second-order valence-corrected chi connectivity index (χ2v) is 10.3. The van der Waals surface area contributed by atoms with Crippen LogP contribution in [0, 0.1) is 16.7 Å². The SMILES string of the molecule is C=CC(=O)OCCOC(=O)C(C)(CC(CC)C(=O)OCCOCOc1ccccc1C(=O)O)CC(C)(C)C. The van der Waals surface area contributed by atoms with E-state index in [-0.39, 0.29) is 56.4 Å². The minimum absolute atomic E-state index is 0.0166. The molecule has 1 aromatic carbocycles. The van der Waals surface area contributed by atoms with Gasteiger partial charge in [-0.2, -0.15) is 0 Å². The molecule has 0 fully saturated rings. The molecule has 1 N–H and O–H groups in total. The first-order chi connectivity index (χ1) is 17.8. The lowest BCUT2D eigenvalue weighted by Crippen LogP contribution is -2.38. The number of ether oxygens (including phenoxy) is 5. The molecule has 10 heteroatoms. The van der Waals surface area contributed by atoms with E-state index in [0.717, 1.165) is 6.08 Å². The van der Waals surface area contributed by atoms with Crippen LogP contribution in [0.15, 0.2) is 36.9 Å². The predicted molar refractivity (Wildman–Crippen MR) is 138 cm³/mol. The highest BCUT2D eigenvalue weighted by atomic mass is 16.7. The van der Waals surface area contributed by atoms with Crippen molar-refractivity contribution in [3.63, 3.8) is 0 Å².